The van der Waals surface area contributed by atoms with Crippen molar-refractivity contribution in [3.05, 3.63) is 29.8 Å². The lowest BCUT2D eigenvalue weighted by Crippen LogP contribution is -2.66. The van der Waals surface area contributed by atoms with Gasteiger partial charge in [-0.1, -0.05) is 53.7 Å². The predicted octanol–water partition coefficient (Wildman–Crippen LogP) is 7.44. The van der Waals surface area contributed by atoms with Crippen LogP contribution in [0.1, 0.15) is 79.2 Å². The third kappa shape index (κ3) is 7.94. The van der Waals surface area contributed by atoms with Crippen LogP contribution in [0, 0.1) is 34.5 Å². The van der Waals surface area contributed by atoms with Crippen molar-refractivity contribution in [2.45, 2.75) is 117 Å². The van der Waals surface area contributed by atoms with Crippen molar-refractivity contribution in [2.75, 3.05) is 42.0 Å². The van der Waals surface area contributed by atoms with Gasteiger partial charge in [0.15, 0.2) is 8.32 Å². The molecule has 0 spiro atoms. The number of ether oxygens (including phenoxy) is 5. The van der Waals surface area contributed by atoms with Gasteiger partial charge in [0.05, 0.1) is 45.1 Å². The van der Waals surface area contributed by atoms with Gasteiger partial charge in [-0.3, -0.25) is 9.63 Å². The molecule has 0 saturated heterocycles. The number of fused-ring (bicyclic) bond motifs is 3. The number of carbonyl (C=O) groups is 1. The number of hydroxylamine groups is 2. The summed E-state index contributed by atoms with van der Waals surface area (Å²) in [4.78, 5) is 19.4. The van der Waals surface area contributed by atoms with Crippen LogP contribution in [-0.2, 0) is 39.6 Å². The van der Waals surface area contributed by atoms with E-state index in [2.05, 4.69) is 54.6 Å². The Morgan fingerprint density at radius 1 is 0.979 bits per heavy atom. The van der Waals surface area contributed by atoms with Gasteiger partial charge in [0.25, 0.3) is 5.91 Å². The molecular weight excluding hydrogens is 614 g/mol. The van der Waals surface area contributed by atoms with Crippen molar-refractivity contribution < 1.29 is 37.7 Å². The highest BCUT2D eigenvalue weighted by Crippen LogP contribution is 2.65. The fraction of sp³-hybridized carbons (Fsp3) is 0.811. The molecule has 0 radical (unpaired) electrons. The van der Waals surface area contributed by atoms with Crippen molar-refractivity contribution in [3.8, 4) is 5.75 Å². The third-order valence-electron chi connectivity index (χ3n) is 12.6. The number of amides is 1. The smallest absolute Gasteiger partial charge is 0.251 e. The molecule has 8 atom stereocenters. The summed E-state index contributed by atoms with van der Waals surface area (Å²) in [5.41, 5.74) is 1.00. The van der Waals surface area contributed by atoms with E-state index < -0.39 is 8.32 Å². The lowest BCUT2D eigenvalue weighted by Gasteiger charge is -2.65. The van der Waals surface area contributed by atoms with Crippen LogP contribution in [0.15, 0.2) is 24.3 Å². The minimum atomic E-state index is -2.29. The molecule has 0 aromatic heterocycles. The van der Waals surface area contributed by atoms with E-state index >= 15 is 0 Å². The molecule has 0 aliphatic heterocycles. The number of benzene rings is 1. The molecule has 3 aliphatic carbocycles. The molecule has 10 heteroatoms. The van der Waals surface area contributed by atoms with Gasteiger partial charge in [-0.25, -0.2) is 5.06 Å². The fourth-order valence-electron chi connectivity index (χ4n) is 8.83. The second kappa shape index (κ2) is 15.2. The van der Waals surface area contributed by atoms with Crippen molar-refractivity contribution in [1.29, 1.82) is 0 Å². The molecule has 3 aliphatic rings. The largest absolute Gasteiger partial charge is 0.497 e. The maximum absolute atomic E-state index is 14.0. The minimum Gasteiger partial charge on any atom is -0.497 e. The van der Waals surface area contributed by atoms with Crippen LogP contribution < -0.4 is 4.74 Å². The Kier molecular flexibility index (Phi) is 12.3. The monoisotopic (exact) mass is 677 g/mol. The second-order valence-electron chi connectivity index (χ2n) is 16.5. The summed E-state index contributed by atoms with van der Waals surface area (Å²) in [5, 5.41) is 1.37. The zero-order valence-corrected chi connectivity index (χ0v) is 32.2. The van der Waals surface area contributed by atoms with E-state index in [0.717, 1.165) is 43.4 Å². The molecule has 1 aromatic carbocycles. The molecule has 1 aromatic rings. The maximum atomic E-state index is 14.0. The van der Waals surface area contributed by atoms with Crippen LogP contribution in [0.2, 0.25) is 18.1 Å². The molecule has 3 fully saturated rings. The fourth-order valence-corrected chi connectivity index (χ4v) is 10.2. The number of nitrogens with zero attached hydrogens (tertiary/aromatic N) is 1. The number of rotatable bonds is 13. The van der Waals surface area contributed by atoms with E-state index in [1.165, 1.54) is 5.06 Å². The van der Waals surface area contributed by atoms with Crippen molar-refractivity contribution in [1.82, 2.24) is 5.06 Å². The van der Waals surface area contributed by atoms with Crippen molar-refractivity contribution in [2.24, 2.45) is 34.5 Å². The Hall–Kier alpha value is -1.53. The van der Waals surface area contributed by atoms with Gasteiger partial charge >= 0.3 is 0 Å². The molecule has 0 unspecified atom stereocenters. The Morgan fingerprint density at radius 2 is 1.66 bits per heavy atom. The Morgan fingerprint density at radius 3 is 2.26 bits per heavy atom. The van der Waals surface area contributed by atoms with Crippen molar-refractivity contribution in [3.63, 3.8) is 0 Å². The van der Waals surface area contributed by atoms with E-state index in [1.54, 1.807) is 28.4 Å². The Balaban J connectivity index is 1.70. The Labute approximate surface area is 285 Å². The average molecular weight is 678 g/mol. The molecule has 0 N–H and O–H groups in total. The summed E-state index contributed by atoms with van der Waals surface area (Å²) in [6.45, 7) is 19.5. The van der Waals surface area contributed by atoms with Crippen LogP contribution in [-0.4, -0.2) is 79.6 Å². The minimum absolute atomic E-state index is 0.0155. The van der Waals surface area contributed by atoms with Gasteiger partial charge in [-0.15, -0.1) is 0 Å². The molecule has 47 heavy (non-hydrogen) atoms. The van der Waals surface area contributed by atoms with Gasteiger partial charge in [0.2, 0.25) is 0 Å². The number of hydrogen-bond donors (Lipinski definition) is 0. The van der Waals surface area contributed by atoms with Gasteiger partial charge in [0.1, 0.15) is 19.3 Å². The summed E-state index contributed by atoms with van der Waals surface area (Å²) < 4.78 is 37.3. The second-order valence-corrected chi connectivity index (χ2v) is 21.2. The number of carbonyl (C=O) groups excluding carboxylic acids is 1. The molecule has 0 bridgehead atoms. The molecule has 1 amide bonds. The maximum Gasteiger partial charge on any atom is 0.251 e. The standard InChI is InChI=1S/C37H63NO8Si/c1-35(2,3)47(11,12)46-33-27(34(39)38(7)42-10)17-18-28-32(33)29(44-24-43-22-25-13-15-26(41-9)16-14-25)21-30-36(4,5)31(45-23-40-8)19-20-37(28,30)6/h13-16,27-33H,17-24H2,1-12H3/t27-,28-,29+,30-,31-,32+,33-,37+/m0/s1. The quantitative estimate of drug-likeness (QED) is 0.0922. The topological polar surface area (TPSA) is 84.9 Å². The van der Waals surface area contributed by atoms with Gasteiger partial charge in [-0.2, -0.15) is 0 Å². The first-order valence-electron chi connectivity index (χ1n) is 17.4. The van der Waals surface area contributed by atoms with Gasteiger partial charge in [0, 0.05) is 20.1 Å². The van der Waals surface area contributed by atoms with Crippen LogP contribution >= 0.6 is 0 Å². The Bertz CT molecular complexity index is 1170. The highest BCUT2D eigenvalue weighted by molar-refractivity contribution is 6.74. The predicted molar refractivity (Wildman–Crippen MR) is 185 cm³/mol. The summed E-state index contributed by atoms with van der Waals surface area (Å²) in [6.07, 6.45) is 4.25. The summed E-state index contributed by atoms with van der Waals surface area (Å²) >= 11 is 0. The molecule has 0 heterocycles. The van der Waals surface area contributed by atoms with Gasteiger partial charge in [-0.05, 0) is 90.6 Å². The van der Waals surface area contributed by atoms with E-state index in [1.807, 2.05) is 24.3 Å². The van der Waals surface area contributed by atoms with E-state index in [9.17, 15) is 4.79 Å². The van der Waals surface area contributed by atoms with E-state index in [0.29, 0.717) is 25.2 Å². The van der Waals surface area contributed by atoms with Crippen LogP contribution in [0.3, 0.4) is 0 Å². The highest BCUT2D eigenvalue weighted by atomic mass is 28.4. The first-order chi connectivity index (χ1) is 22.0. The summed E-state index contributed by atoms with van der Waals surface area (Å²) in [7, 11) is 4.33. The molecule has 9 nitrogen and oxygen atoms in total. The molecule has 3 saturated carbocycles. The first kappa shape index (κ1) is 38.3. The third-order valence-corrected chi connectivity index (χ3v) is 17.0. The van der Waals surface area contributed by atoms with Gasteiger partial charge < -0.3 is 28.1 Å². The average Bonchev–Trinajstić information content (AvgIpc) is 3.02. The van der Waals surface area contributed by atoms with Crippen LogP contribution in [0.4, 0.5) is 0 Å². The first-order valence-corrected chi connectivity index (χ1v) is 20.3. The van der Waals surface area contributed by atoms with Crippen LogP contribution in [0.5, 0.6) is 5.75 Å². The molecule has 4 rings (SSSR count). The zero-order chi connectivity index (χ0) is 34.8. The number of hydrogen-bond acceptors (Lipinski definition) is 8. The zero-order valence-electron chi connectivity index (χ0n) is 31.2. The van der Waals surface area contributed by atoms with E-state index in [4.69, 9.17) is 32.9 Å². The van der Waals surface area contributed by atoms with Crippen molar-refractivity contribution >= 4 is 14.2 Å². The van der Waals surface area contributed by atoms with Crippen LogP contribution in [0.25, 0.3) is 0 Å². The normalized spacial score (nSPS) is 32.3. The summed E-state index contributed by atoms with van der Waals surface area (Å²) in [6, 6.07) is 7.91. The lowest BCUT2D eigenvalue weighted by atomic mass is 9.42. The number of methoxy groups -OCH3 is 2. The molecule has 268 valence electrons. The summed E-state index contributed by atoms with van der Waals surface area (Å²) in [5.74, 6) is 1.19. The SMILES string of the molecule is COCO[C@H]1CC[C@]2(C)[C@H]3CC[C@H](C(=O)N(C)OC)[C@H](O[Si](C)(C)C(C)(C)C)[C@H]3[C@H](OCOCc3ccc(OC)cc3)C[C@H]2C1(C)C. The van der Waals surface area contributed by atoms with E-state index in [-0.39, 0.29) is 58.7 Å². The molecular formula is C37H63NO8Si. The highest BCUT2D eigenvalue weighted by Gasteiger charge is 2.64. The lowest BCUT2D eigenvalue weighted by molar-refractivity contribution is -0.249.